The van der Waals surface area contributed by atoms with E-state index in [-0.39, 0.29) is 22.4 Å². The lowest BCUT2D eigenvalue weighted by Crippen LogP contribution is -2.33. The van der Waals surface area contributed by atoms with Crippen molar-refractivity contribution in [1.29, 1.82) is 0 Å². The smallest absolute Gasteiger partial charge is 0.222 e. The summed E-state index contributed by atoms with van der Waals surface area (Å²) in [5.41, 5.74) is 0.634. The Morgan fingerprint density at radius 1 is 1.48 bits per heavy atom. The van der Waals surface area contributed by atoms with Crippen molar-refractivity contribution in [2.45, 2.75) is 31.5 Å². The second-order valence-corrected chi connectivity index (χ2v) is 5.63. The second-order valence-electron chi connectivity index (χ2n) is 5.22. The number of carbonyl (C=O) groups excluding carboxylic acids is 1. The molecule has 9 nitrogen and oxygen atoms in total. The number of hydrogen-bond donors (Lipinski definition) is 4. The van der Waals surface area contributed by atoms with Crippen LogP contribution >= 0.6 is 11.6 Å². The molecule has 0 radical (unpaired) electrons. The summed E-state index contributed by atoms with van der Waals surface area (Å²) in [5, 5.41) is 31.9. The Hall–Kier alpha value is -1.78. The fourth-order valence-corrected chi connectivity index (χ4v) is 2.75. The van der Waals surface area contributed by atoms with E-state index in [1.54, 1.807) is 0 Å². The number of nitrogens with one attached hydrogen (secondary N) is 1. The van der Waals surface area contributed by atoms with Gasteiger partial charge in [0.05, 0.1) is 18.0 Å². The third-order valence-electron chi connectivity index (χ3n) is 3.58. The van der Waals surface area contributed by atoms with Gasteiger partial charge in [-0.05, 0) is 0 Å². The maximum absolute atomic E-state index is 11.2. The van der Waals surface area contributed by atoms with E-state index in [1.807, 2.05) is 0 Å². The number of anilines is 1. The van der Waals surface area contributed by atoms with Crippen LogP contribution in [0, 0.1) is 0 Å². The number of hydrogen-bond acceptors (Lipinski definition) is 7. The molecule has 0 spiro atoms. The fourth-order valence-electron chi connectivity index (χ4n) is 2.51. The highest BCUT2D eigenvalue weighted by Crippen LogP contribution is 2.33. The van der Waals surface area contributed by atoms with E-state index < -0.39 is 31.1 Å². The maximum atomic E-state index is 11.2. The predicted molar refractivity (Wildman–Crippen MR) is 79.9 cm³/mol. The molecule has 3 rings (SSSR count). The number of halogens is 1. The van der Waals surface area contributed by atoms with E-state index in [0.29, 0.717) is 5.52 Å². The van der Waals surface area contributed by atoms with Gasteiger partial charge >= 0.3 is 0 Å². The third-order valence-corrected chi connectivity index (χ3v) is 3.87. The molecule has 0 aliphatic carbocycles. The summed E-state index contributed by atoms with van der Waals surface area (Å²) in [7, 11) is 0. The van der Waals surface area contributed by atoms with Crippen molar-refractivity contribution < 1.29 is 24.9 Å². The predicted octanol–water partition coefficient (Wildman–Crippen LogP) is -0.345. The number of nitrogens with zero attached hydrogens (tertiary/aromatic N) is 3. The molecule has 10 heteroatoms. The van der Waals surface area contributed by atoms with Crippen LogP contribution in [0.4, 0.5) is 5.82 Å². The van der Waals surface area contributed by atoms with Gasteiger partial charge in [0.15, 0.2) is 11.9 Å². The Bertz CT molecular complexity index is 751. The maximum Gasteiger partial charge on any atom is 0.222 e. The first-order valence-corrected chi connectivity index (χ1v) is 7.23. The molecule has 124 valence electrons. The molecule has 1 aliphatic heterocycles. The van der Waals surface area contributed by atoms with E-state index >= 15 is 0 Å². The second kappa shape index (κ2) is 6.02. The lowest BCUT2D eigenvalue weighted by atomic mass is 10.1. The van der Waals surface area contributed by atoms with Crippen LogP contribution in [0.5, 0.6) is 0 Å². The molecule has 4 atom stereocenters. The van der Waals surface area contributed by atoms with E-state index in [1.165, 1.54) is 23.9 Å². The largest absolute Gasteiger partial charge is 0.394 e. The summed E-state index contributed by atoms with van der Waals surface area (Å²) in [5.74, 6) is -0.0876. The highest BCUT2D eigenvalue weighted by molar-refractivity contribution is 6.35. The van der Waals surface area contributed by atoms with E-state index in [2.05, 4.69) is 15.3 Å². The topological polar surface area (TPSA) is 130 Å². The monoisotopic (exact) mass is 342 g/mol. The number of imidazole rings is 1. The van der Waals surface area contributed by atoms with Crippen LogP contribution in [-0.2, 0) is 9.53 Å². The third kappa shape index (κ3) is 2.77. The number of aliphatic hydroxyl groups excluding tert-OH is 3. The summed E-state index contributed by atoms with van der Waals surface area (Å²) in [6, 6.07) is 1.46. The van der Waals surface area contributed by atoms with Gasteiger partial charge in [-0.25, -0.2) is 9.97 Å². The number of amides is 1. The van der Waals surface area contributed by atoms with E-state index in [4.69, 9.17) is 21.4 Å². The Balaban J connectivity index is 2.05. The molecule has 1 fully saturated rings. The van der Waals surface area contributed by atoms with Crippen molar-refractivity contribution in [2.24, 2.45) is 0 Å². The molecule has 1 saturated heterocycles. The molecule has 0 saturated carbocycles. The molecule has 3 heterocycles. The first-order chi connectivity index (χ1) is 10.9. The first kappa shape index (κ1) is 16.1. The van der Waals surface area contributed by atoms with Gasteiger partial charge in [-0.15, -0.1) is 0 Å². The van der Waals surface area contributed by atoms with E-state index in [0.717, 1.165) is 0 Å². The standard InChI is InChI=1S/C13H15ClN4O5/c1-5(20)16-8-2-6(14)9-12(17-8)18(4-15-9)13-11(22)10(21)7(3-19)23-13/h2,4,7,10-11,13,19,21-22H,3H2,1H3,(H,16,17,20)/t7-,10-,11-,13-/m1/s1. The summed E-state index contributed by atoms with van der Waals surface area (Å²) < 4.78 is 6.85. The minimum atomic E-state index is -1.27. The SMILES string of the molecule is CC(=O)Nc1cc(Cl)c2ncn([C@@H]3O[C@H](CO)[C@@H](O)[C@H]3O)c2n1. The lowest BCUT2D eigenvalue weighted by molar-refractivity contribution is -0.114. The average molecular weight is 343 g/mol. The Morgan fingerprint density at radius 2 is 2.22 bits per heavy atom. The van der Waals surface area contributed by atoms with Gasteiger partial charge in [0.25, 0.3) is 0 Å². The van der Waals surface area contributed by atoms with Crippen LogP contribution in [0.2, 0.25) is 5.02 Å². The number of rotatable bonds is 3. The Labute approximate surface area is 135 Å². The molecular weight excluding hydrogens is 328 g/mol. The molecule has 4 N–H and O–H groups in total. The Kier molecular flexibility index (Phi) is 4.21. The van der Waals surface area contributed by atoms with E-state index in [9.17, 15) is 15.0 Å². The summed E-state index contributed by atoms with van der Waals surface area (Å²) in [6.07, 6.45) is -3.04. The van der Waals surface area contributed by atoms with Crippen molar-refractivity contribution in [3.63, 3.8) is 0 Å². The van der Waals surface area contributed by atoms with Crippen LogP contribution in [0.25, 0.3) is 11.2 Å². The molecule has 2 aromatic rings. The zero-order chi connectivity index (χ0) is 16.7. The van der Waals surface area contributed by atoms with Crippen LogP contribution in [0.15, 0.2) is 12.4 Å². The van der Waals surface area contributed by atoms with Crippen molar-refractivity contribution in [2.75, 3.05) is 11.9 Å². The van der Waals surface area contributed by atoms with Gasteiger partial charge < -0.3 is 25.4 Å². The summed E-state index contributed by atoms with van der Waals surface area (Å²) >= 11 is 6.13. The van der Waals surface area contributed by atoms with Crippen LogP contribution in [-0.4, -0.2) is 60.7 Å². The number of aromatic nitrogens is 3. The average Bonchev–Trinajstić information content (AvgIpc) is 3.01. The van der Waals surface area contributed by atoms with Gasteiger partial charge in [0.2, 0.25) is 5.91 Å². The summed E-state index contributed by atoms with van der Waals surface area (Å²) in [4.78, 5) is 19.5. The fraction of sp³-hybridized carbons (Fsp3) is 0.462. The highest BCUT2D eigenvalue weighted by atomic mass is 35.5. The number of pyridine rings is 1. The molecule has 23 heavy (non-hydrogen) atoms. The van der Waals surface area contributed by atoms with Gasteiger partial charge in [-0.2, -0.15) is 0 Å². The quantitative estimate of drug-likeness (QED) is 0.600. The highest BCUT2D eigenvalue weighted by Gasteiger charge is 2.44. The molecule has 0 aromatic carbocycles. The normalized spacial score (nSPS) is 27.5. The number of aliphatic hydroxyl groups is 3. The number of fused-ring (bicyclic) bond motifs is 1. The number of ether oxygens (including phenoxy) is 1. The number of carbonyl (C=O) groups is 1. The van der Waals surface area contributed by atoms with Gasteiger partial charge in [-0.3, -0.25) is 9.36 Å². The van der Waals surface area contributed by atoms with Crippen molar-refractivity contribution in [3.8, 4) is 0 Å². The summed E-state index contributed by atoms with van der Waals surface area (Å²) in [6.45, 7) is 0.899. The van der Waals surface area contributed by atoms with Crippen LogP contribution in [0.1, 0.15) is 13.2 Å². The zero-order valence-electron chi connectivity index (χ0n) is 12.0. The first-order valence-electron chi connectivity index (χ1n) is 6.85. The molecule has 2 aromatic heterocycles. The van der Waals surface area contributed by atoms with Gasteiger partial charge in [0.1, 0.15) is 29.6 Å². The lowest BCUT2D eigenvalue weighted by Gasteiger charge is -2.16. The van der Waals surface area contributed by atoms with Crippen LogP contribution in [0.3, 0.4) is 0 Å². The van der Waals surface area contributed by atoms with Crippen molar-refractivity contribution >= 4 is 34.5 Å². The zero-order valence-corrected chi connectivity index (χ0v) is 12.8. The molecular formula is C13H15ClN4O5. The molecule has 0 unspecified atom stereocenters. The molecule has 1 aliphatic rings. The molecule has 0 bridgehead atoms. The van der Waals surface area contributed by atoms with Crippen LogP contribution < -0.4 is 5.32 Å². The minimum Gasteiger partial charge on any atom is -0.394 e. The van der Waals surface area contributed by atoms with Crippen molar-refractivity contribution in [3.05, 3.63) is 17.4 Å². The van der Waals surface area contributed by atoms with Crippen molar-refractivity contribution in [1.82, 2.24) is 14.5 Å². The van der Waals surface area contributed by atoms with Gasteiger partial charge in [0, 0.05) is 13.0 Å². The minimum absolute atomic E-state index is 0.225. The molecule has 1 amide bonds. The Morgan fingerprint density at radius 3 is 2.83 bits per heavy atom. The van der Waals surface area contributed by atoms with Gasteiger partial charge in [-0.1, -0.05) is 11.6 Å².